The molecule has 198 valence electrons. The molecule has 1 fully saturated rings. The van der Waals surface area contributed by atoms with E-state index in [1.165, 1.54) is 6.20 Å². The van der Waals surface area contributed by atoms with Crippen LogP contribution in [0.25, 0.3) is 0 Å². The molecule has 2 amide bonds. The van der Waals surface area contributed by atoms with Crippen LogP contribution >= 0.6 is 11.5 Å². The lowest BCUT2D eigenvalue weighted by atomic mass is 10.1. The van der Waals surface area contributed by atoms with Crippen LogP contribution in [0.15, 0.2) is 36.7 Å². The Morgan fingerprint density at radius 3 is 2.58 bits per heavy atom. The van der Waals surface area contributed by atoms with Crippen LogP contribution in [-0.4, -0.2) is 56.0 Å². The second kappa shape index (κ2) is 11.4. The van der Waals surface area contributed by atoms with Crippen molar-refractivity contribution in [1.29, 1.82) is 5.26 Å². The van der Waals surface area contributed by atoms with Crippen molar-refractivity contribution in [2.24, 2.45) is 0 Å². The number of nitriles is 1. The SMILES string of the molecule is Cc1nsc(Nc2ccc(C#N)cn2)c1C(=O)Nc1ccc(NC2CCCN(C(=O)OC(C)(C)C)C2)nc1. The Hall–Kier alpha value is -4.24. The standard InChI is InChI=1S/C26H30N8O3S/c1-16-22(24(38-33-16)32-21-9-7-17(12-27)13-28-21)23(35)31-18-8-10-20(29-14-18)30-19-6-5-11-34(15-19)25(36)37-26(2,3)4/h7-10,13-14,19H,5-6,11,15H2,1-4H3,(H,28,32)(H,29,30)(H,31,35). The van der Waals surface area contributed by atoms with Crippen LogP contribution in [0.3, 0.4) is 0 Å². The van der Waals surface area contributed by atoms with Crippen molar-refractivity contribution >= 4 is 45.9 Å². The lowest BCUT2D eigenvalue weighted by Gasteiger charge is -2.34. The number of amides is 2. The van der Waals surface area contributed by atoms with Gasteiger partial charge in [0.15, 0.2) is 0 Å². The highest BCUT2D eigenvalue weighted by atomic mass is 32.1. The summed E-state index contributed by atoms with van der Waals surface area (Å²) in [5.41, 5.74) is 1.44. The Morgan fingerprint density at radius 2 is 1.92 bits per heavy atom. The molecule has 1 saturated heterocycles. The molecule has 0 spiro atoms. The maximum absolute atomic E-state index is 13.1. The van der Waals surface area contributed by atoms with Gasteiger partial charge in [0.05, 0.1) is 28.7 Å². The molecule has 1 aliphatic heterocycles. The van der Waals surface area contributed by atoms with Gasteiger partial charge in [-0.3, -0.25) is 4.79 Å². The molecule has 0 bridgehead atoms. The fourth-order valence-corrected chi connectivity index (χ4v) is 4.72. The number of piperidine rings is 1. The molecule has 0 aliphatic carbocycles. The molecular weight excluding hydrogens is 504 g/mol. The number of aromatic nitrogens is 3. The fraction of sp³-hybridized carbons (Fsp3) is 0.385. The van der Waals surface area contributed by atoms with Crippen LogP contribution in [0, 0.1) is 18.3 Å². The maximum atomic E-state index is 13.1. The number of aryl methyl sites for hydroxylation is 1. The highest BCUT2D eigenvalue weighted by molar-refractivity contribution is 7.10. The molecular formula is C26H30N8O3S. The zero-order valence-corrected chi connectivity index (χ0v) is 22.6. The molecule has 1 unspecified atom stereocenters. The van der Waals surface area contributed by atoms with Gasteiger partial charge >= 0.3 is 6.09 Å². The molecule has 3 aromatic rings. The quantitative estimate of drug-likeness (QED) is 0.401. The van der Waals surface area contributed by atoms with E-state index in [0.717, 1.165) is 24.4 Å². The summed E-state index contributed by atoms with van der Waals surface area (Å²) < 4.78 is 9.80. The number of carbonyl (C=O) groups excluding carboxylic acids is 2. The molecule has 0 radical (unpaired) electrons. The monoisotopic (exact) mass is 534 g/mol. The largest absolute Gasteiger partial charge is 0.444 e. The topological polar surface area (TPSA) is 145 Å². The van der Waals surface area contributed by atoms with Crippen molar-refractivity contribution in [3.8, 4) is 6.07 Å². The zero-order valence-electron chi connectivity index (χ0n) is 21.7. The summed E-state index contributed by atoms with van der Waals surface area (Å²) in [6.07, 6.45) is 4.51. The van der Waals surface area contributed by atoms with Crippen LogP contribution in [0.4, 0.5) is 27.1 Å². The maximum Gasteiger partial charge on any atom is 0.410 e. The lowest BCUT2D eigenvalue weighted by molar-refractivity contribution is 0.0206. The van der Waals surface area contributed by atoms with Crippen molar-refractivity contribution in [1.82, 2.24) is 19.2 Å². The number of hydrogen-bond donors (Lipinski definition) is 3. The third-order valence-corrected chi connectivity index (χ3v) is 6.52. The highest BCUT2D eigenvalue weighted by Crippen LogP contribution is 2.28. The Kier molecular flexibility index (Phi) is 8.07. The average Bonchev–Trinajstić information content (AvgIpc) is 3.24. The van der Waals surface area contributed by atoms with Crippen LogP contribution < -0.4 is 16.0 Å². The van der Waals surface area contributed by atoms with Gasteiger partial charge in [-0.2, -0.15) is 9.64 Å². The van der Waals surface area contributed by atoms with Gasteiger partial charge in [-0.05, 0) is 76.3 Å². The summed E-state index contributed by atoms with van der Waals surface area (Å²) >= 11 is 1.16. The predicted octanol–water partition coefficient (Wildman–Crippen LogP) is 4.92. The van der Waals surface area contributed by atoms with E-state index in [0.29, 0.717) is 52.2 Å². The fourth-order valence-electron chi connectivity index (χ4n) is 3.92. The van der Waals surface area contributed by atoms with Crippen molar-refractivity contribution in [3.63, 3.8) is 0 Å². The van der Waals surface area contributed by atoms with E-state index in [9.17, 15) is 9.59 Å². The first kappa shape index (κ1) is 26.8. The molecule has 3 aromatic heterocycles. The van der Waals surface area contributed by atoms with Crippen LogP contribution in [0.1, 0.15) is 55.2 Å². The summed E-state index contributed by atoms with van der Waals surface area (Å²) in [7, 11) is 0. The number of nitrogens with zero attached hydrogens (tertiary/aromatic N) is 5. The number of nitrogens with one attached hydrogen (secondary N) is 3. The Morgan fingerprint density at radius 1 is 1.16 bits per heavy atom. The number of rotatable bonds is 6. The van der Waals surface area contributed by atoms with Gasteiger partial charge in [0, 0.05) is 25.3 Å². The summed E-state index contributed by atoms with van der Waals surface area (Å²) in [5, 5.41) is 18.8. The first-order chi connectivity index (χ1) is 18.1. The average molecular weight is 535 g/mol. The molecule has 11 nitrogen and oxygen atoms in total. The second-order valence-corrected chi connectivity index (χ2v) is 10.7. The number of carbonyl (C=O) groups is 2. The molecule has 3 N–H and O–H groups in total. The number of likely N-dealkylation sites (tertiary alicyclic amines) is 1. The predicted molar refractivity (Wildman–Crippen MR) is 146 cm³/mol. The second-order valence-electron chi connectivity index (χ2n) is 9.94. The number of pyridine rings is 2. The van der Waals surface area contributed by atoms with Crippen molar-refractivity contribution in [2.45, 2.75) is 52.2 Å². The number of hydrogen-bond acceptors (Lipinski definition) is 10. The van der Waals surface area contributed by atoms with E-state index in [-0.39, 0.29) is 18.0 Å². The molecule has 1 atom stereocenters. The van der Waals surface area contributed by atoms with E-state index in [1.807, 2.05) is 26.8 Å². The van der Waals surface area contributed by atoms with Gasteiger partial charge in [-0.15, -0.1) is 0 Å². The molecule has 38 heavy (non-hydrogen) atoms. The molecule has 12 heteroatoms. The van der Waals surface area contributed by atoms with E-state index in [1.54, 1.807) is 42.3 Å². The van der Waals surface area contributed by atoms with E-state index >= 15 is 0 Å². The zero-order chi connectivity index (χ0) is 27.3. The van der Waals surface area contributed by atoms with Gasteiger partial charge in [-0.25, -0.2) is 14.8 Å². The summed E-state index contributed by atoms with van der Waals surface area (Å²) in [6.45, 7) is 8.53. The minimum Gasteiger partial charge on any atom is -0.444 e. The minimum absolute atomic E-state index is 0.0493. The Labute approximate surface area is 225 Å². The molecule has 4 heterocycles. The van der Waals surface area contributed by atoms with Crippen molar-refractivity contribution in [3.05, 3.63) is 53.5 Å². The first-order valence-electron chi connectivity index (χ1n) is 12.2. The van der Waals surface area contributed by atoms with Gasteiger partial charge in [-0.1, -0.05) is 0 Å². The van der Waals surface area contributed by atoms with Crippen LogP contribution in [-0.2, 0) is 4.74 Å². The summed E-state index contributed by atoms with van der Waals surface area (Å²) in [6, 6.07) is 8.95. The first-order valence-corrected chi connectivity index (χ1v) is 13.0. The van der Waals surface area contributed by atoms with Crippen LogP contribution in [0.2, 0.25) is 0 Å². The summed E-state index contributed by atoms with van der Waals surface area (Å²) in [4.78, 5) is 35.9. The van der Waals surface area contributed by atoms with Crippen molar-refractivity contribution < 1.29 is 14.3 Å². The molecule has 0 aromatic carbocycles. The van der Waals surface area contributed by atoms with E-state index < -0.39 is 5.60 Å². The molecule has 4 rings (SSSR count). The van der Waals surface area contributed by atoms with Gasteiger partial charge in [0.25, 0.3) is 5.91 Å². The lowest BCUT2D eigenvalue weighted by Crippen LogP contribution is -2.47. The Bertz CT molecular complexity index is 1330. The van der Waals surface area contributed by atoms with Crippen LogP contribution in [0.5, 0.6) is 0 Å². The number of anilines is 4. The van der Waals surface area contributed by atoms with Gasteiger partial charge in [0.2, 0.25) is 0 Å². The third-order valence-electron chi connectivity index (χ3n) is 5.67. The highest BCUT2D eigenvalue weighted by Gasteiger charge is 2.28. The van der Waals surface area contributed by atoms with E-state index in [4.69, 9.17) is 10.00 Å². The number of ether oxygens (including phenoxy) is 1. The summed E-state index contributed by atoms with van der Waals surface area (Å²) in [5.74, 6) is 0.837. The molecule has 0 saturated carbocycles. The smallest absolute Gasteiger partial charge is 0.410 e. The van der Waals surface area contributed by atoms with Crippen molar-refractivity contribution in [2.75, 3.05) is 29.0 Å². The van der Waals surface area contributed by atoms with E-state index in [2.05, 4.69) is 30.3 Å². The molecule has 1 aliphatic rings. The third kappa shape index (κ3) is 6.95. The normalized spacial score (nSPS) is 15.3. The minimum atomic E-state index is -0.533. The van der Waals surface area contributed by atoms with Gasteiger partial charge < -0.3 is 25.6 Å². The van der Waals surface area contributed by atoms with Gasteiger partial charge in [0.1, 0.15) is 28.3 Å². The Balaban J connectivity index is 1.36.